The fraction of sp³-hybridized carbons (Fsp3) is 0.625. The van der Waals surface area contributed by atoms with Crippen LogP contribution >= 0.6 is 0 Å². The van der Waals surface area contributed by atoms with E-state index < -0.39 is 0 Å². The number of hydrogen-bond donors (Lipinski definition) is 1. The van der Waals surface area contributed by atoms with Gasteiger partial charge in [0, 0.05) is 11.7 Å². The van der Waals surface area contributed by atoms with Gasteiger partial charge in [-0.25, -0.2) is 0 Å². The summed E-state index contributed by atoms with van der Waals surface area (Å²) in [5, 5.41) is 3.69. The van der Waals surface area contributed by atoms with Crippen molar-refractivity contribution >= 4 is 5.69 Å². The highest BCUT2D eigenvalue weighted by molar-refractivity contribution is 5.55. The molecule has 0 radical (unpaired) electrons. The van der Waals surface area contributed by atoms with Crippen LogP contribution in [-0.2, 0) is 0 Å². The Morgan fingerprint density at radius 2 is 1.76 bits per heavy atom. The molecule has 1 N–H and O–H groups in total. The maximum Gasteiger partial charge on any atom is 0.0377 e. The van der Waals surface area contributed by atoms with Gasteiger partial charge in [0.15, 0.2) is 0 Å². The molecule has 17 heavy (non-hydrogen) atoms. The Morgan fingerprint density at radius 1 is 1.06 bits per heavy atom. The van der Waals surface area contributed by atoms with Crippen LogP contribution in [0.5, 0.6) is 0 Å². The Balaban J connectivity index is 2.23. The van der Waals surface area contributed by atoms with Crippen LogP contribution in [0.1, 0.15) is 69.9 Å². The van der Waals surface area contributed by atoms with E-state index in [1.54, 1.807) is 0 Å². The second-order valence-corrected chi connectivity index (χ2v) is 5.93. The first-order valence-corrected chi connectivity index (χ1v) is 6.98. The van der Waals surface area contributed by atoms with Crippen molar-refractivity contribution < 1.29 is 0 Å². The fourth-order valence-corrected chi connectivity index (χ4v) is 2.32. The van der Waals surface area contributed by atoms with Crippen LogP contribution in [-0.4, -0.2) is 6.04 Å². The van der Waals surface area contributed by atoms with Crippen LogP contribution in [0.4, 0.5) is 5.69 Å². The topological polar surface area (TPSA) is 12.0 Å². The zero-order chi connectivity index (χ0) is 12.4. The molecule has 0 aliphatic heterocycles. The molecule has 0 bridgehead atoms. The van der Waals surface area contributed by atoms with Crippen molar-refractivity contribution in [2.24, 2.45) is 0 Å². The van der Waals surface area contributed by atoms with E-state index in [1.807, 2.05) is 0 Å². The Kier molecular flexibility index (Phi) is 3.76. The molecule has 0 unspecified atom stereocenters. The quantitative estimate of drug-likeness (QED) is 0.777. The summed E-state index contributed by atoms with van der Waals surface area (Å²) in [7, 11) is 0. The molecule has 1 saturated carbocycles. The van der Waals surface area contributed by atoms with Gasteiger partial charge in [-0.1, -0.05) is 39.8 Å². The highest BCUT2D eigenvalue weighted by Gasteiger charge is 2.19. The molecule has 0 saturated heterocycles. The molecule has 94 valence electrons. The lowest BCUT2D eigenvalue weighted by molar-refractivity contribution is 0.445. The summed E-state index contributed by atoms with van der Waals surface area (Å²) < 4.78 is 0. The zero-order valence-electron chi connectivity index (χ0n) is 11.6. The van der Waals surface area contributed by atoms with Crippen molar-refractivity contribution in [3.05, 3.63) is 29.3 Å². The highest BCUT2D eigenvalue weighted by atomic mass is 14.9. The van der Waals surface area contributed by atoms with Crippen molar-refractivity contribution in [2.45, 2.75) is 64.8 Å². The van der Waals surface area contributed by atoms with Crippen LogP contribution in [0.3, 0.4) is 0 Å². The molecule has 1 aromatic rings. The minimum atomic E-state index is 0.594. The van der Waals surface area contributed by atoms with Crippen molar-refractivity contribution in [1.82, 2.24) is 0 Å². The van der Waals surface area contributed by atoms with Crippen LogP contribution in [0.25, 0.3) is 0 Å². The van der Waals surface area contributed by atoms with Gasteiger partial charge in [0.05, 0.1) is 0 Å². The third kappa shape index (κ3) is 2.83. The van der Waals surface area contributed by atoms with Gasteiger partial charge >= 0.3 is 0 Å². The standard InChI is InChI=1S/C16H25N/c1-11(2)13-8-9-16(15(10-13)12(3)4)17-14-6-5-7-14/h8-12,14,17H,5-7H2,1-4H3. The van der Waals surface area contributed by atoms with Gasteiger partial charge in [0.2, 0.25) is 0 Å². The first kappa shape index (κ1) is 12.5. The number of nitrogens with one attached hydrogen (secondary N) is 1. The van der Waals surface area contributed by atoms with Gasteiger partial charge in [-0.05, 0) is 48.3 Å². The van der Waals surface area contributed by atoms with Gasteiger partial charge < -0.3 is 5.32 Å². The number of hydrogen-bond acceptors (Lipinski definition) is 1. The monoisotopic (exact) mass is 231 g/mol. The van der Waals surface area contributed by atoms with Gasteiger partial charge in [-0.2, -0.15) is 0 Å². The molecule has 1 heteroatoms. The van der Waals surface area contributed by atoms with Gasteiger partial charge in [0.25, 0.3) is 0 Å². The van der Waals surface area contributed by atoms with E-state index in [0.29, 0.717) is 11.8 Å². The average molecular weight is 231 g/mol. The number of benzene rings is 1. The van der Waals surface area contributed by atoms with Crippen LogP contribution in [0, 0.1) is 0 Å². The Morgan fingerprint density at radius 3 is 2.24 bits per heavy atom. The third-order valence-corrected chi connectivity index (χ3v) is 3.83. The van der Waals surface area contributed by atoms with Crippen molar-refractivity contribution in [3.63, 3.8) is 0 Å². The molecule has 0 heterocycles. The van der Waals surface area contributed by atoms with E-state index in [-0.39, 0.29) is 0 Å². The molecule has 1 aliphatic rings. The minimum absolute atomic E-state index is 0.594. The molecule has 1 fully saturated rings. The van der Waals surface area contributed by atoms with E-state index in [4.69, 9.17) is 0 Å². The second kappa shape index (κ2) is 5.12. The molecule has 0 amide bonds. The van der Waals surface area contributed by atoms with Gasteiger partial charge in [-0.3, -0.25) is 0 Å². The van der Waals surface area contributed by atoms with E-state index in [0.717, 1.165) is 6.04 Å². The zero-order valence-corrected chi connectivity index (χ0v) is 11.6. The first-order chi connectivity index (χ1) is 8.08. The van der Waals surface area contributed by atoms with E-state index >= 15 is 0 Å². The normalized spacial score (nSPS) is 16.4. The first-order valence-electron chi connectivity index (χ1n) is 6.98. The maximum atomic E-state index is 3.69. The summed E-state index contributed by atoms with van der Waals surface area (Å²) in [5.41, 5.74) is 4.28. The molecular weight excluding hydrogens is 206 g/mol. The number of anilines is 1. The summed E-state index contributed by atoms with van der Waals surface area (Å²) in [6.45, 7) is 9.09. The molecular formula is C16H25N. The average Bonchev–Trinajstić information content (AvgIpc) is 2.23. The van der Waals surface area contributed by atoms with Gasteiger partial charge in [-0.15, -0.1) is 0 Å². The van der Waals surface area contributed by atoms with Crippen molar-refractivity contribution in [3.8, 4) is 0 Å². The SMILES string of the molecule is CC(C)c1ccc(NC2CCC2)c(C(C)C)c1. The number of rotatable bonds is 4. The van der Waals surface area contributed by atoms with Crippen molar-refractivity contribution in [1.29, 1.82) is 0 Å². The molecule has 1 nitrogen and oxygen atoms in total. The molecule has 2 rings (SSSR count). The summed E-state index contributed by atoms with van der Waals surface area (Å²) in [4.78, 5) is 0. The van der Waals surface area contributed by atoms with E-state index in [2.05, 4.69) is 51.2 Å². The largest absolute Gasteiger partial charge is 0.382 e. The lowest BCUT2D eigenvalue weighted by Crippen LogP contribution is -2.27. The highest BCUT2D eigenvalue weighted by Crippen LogP contribution is 2.31. The molecule has 0 aromatic heterocycles. The molecule has 1 aliphatic carbocycles. The van der Waals surface area contributed by atoms with Crippen LogP contribution < -0.4 is 5.32 Å². The lowest BCUT2D eigenvalue weighted by Gasteiger charge is -2.29. The van der Waals surface area contributed by atoms with E-state index in [9.17, 15) is 0 Å². The maximum absolute atomic E-state index is 3.69. The summed E-state index contributed by atoms with van der Waals surface area (Å²) >= 11 is 0. The Hall–Kier alpha value is -0.980. The Labute approximate surface area is 106 Å². The molecule has 0 atom stereocenters. The molecule has 1 aromatic carbocycles. The smallest absolute Gasteiger partial charge is 0.0377 e. The predicted molar refractivity (Wildman–Crippen MR) is 75.9 cm³/mol. The summed E-state index contributed by atoms with van der Waals surface area (Å²) in [5.74, 6) is 1.21. The van der Waals surface area contributed by atoms with Crippen molar-refractivity contribution in [2.75, 3.05) is 5.32 Å². The third-order valence-electron chi connectivity index (χ3n) is 3.83. The van der Waals surface area contributed by atoms with Gasteiger partial charge in [0.1, 0.15) is 0 Å². The second-order valence-electron chi connectivity index (χ2n) is 5.93. The van der Waals surface area contributed by atoms with E-state index in [1.165, 1.54) is 36.1 Å². The lowest BCUT2D eigenvalue weighted by atomic mass is 9.90. The molecule has 0 spiro atoms. The van der Waals surface area contributed by atoms with Crippen LogP contribution in [0.2, 0.25) is 0 Å². The Bertz CT molecular complexity index is 375. The predicted octanol–water partition coefficient (Wildman–Crippen LogP) is 4.90. The fourth-order valence-electron chi connectivity index (χ4n) is 2.32. The van der Waals surface area contributed by atoms with Crippen LogP contribution in [0.15, 0.2) is 18.2 Å². The minimum Gasteiger partial charge on any atom is -0.382 e. The summed E-state index contributed by atoms with van der Waals surface area (Å²) in [6, 6.07) is 7.66. The summed E-state index contributed by atoms with van der Waals surface area (Å²) in [6.07, 6.45) is 4.06.